The van der Waals surface area contributed by atoms with Crippen LogP contribution in [0.1, 0.15) is 67.8 Å². The Balaban J connectivity index is 1.70. The molecule has 2 fully saturated rings. The quantitative estimate of drug-likeness (QED) is 0.310. The van der Waals surface area contributed by atoms with Gasteiger partial charge in [-0.3, -0.25) is 4.98 Å². The second-order valence-electron chi connectivity index (χ2n) is 12.1. The largest absolute Gasteiger partial charge is 0.496 e. The first-order valence-corrected chi connectivity index (χ1v) is 14.9. The van der Waals surface area contributed by atoms with Crippen molar-refractivity contribution in [3.8, 4) is 22.7 Å². The number of nitrogens with zero attached hydrogens (tertiary/aromatic N) is 6. The van der Waals surface area contributed by atoms with E-state index in [0.29, 0.717) is 42.7 Å². The Hall–Kier alpha value is -4.47. The summed E-state index contributed by atoms with van der Waals surface area (Å²) < 4.78 is 7.50. The molecule has 1 aliphatic carbocycles. The van der Waals surface area contributed by atoms with E-state index in [2.05, 4.69) is 29.8 Å². The van der Waals surface area contributed by atoms with Crippen molar-refractivity contribution in [3.63, 3.8) is 0 Å². The first kappa shape index (κ1) is 28.6. The molecule has 4 aromatic rings. The molecule has 6 rings (SSSR count). The first-order chi connectivity index (χ1) is 20.6. The van der Waals surface area contributed by atoms with Crippen molar-refractivity contribution in [1.82, 2.24) is 24.4 Å². The number of carboxylic acid groups (broad SMARTS) is 1. The maximum absolute atomic E-state index is 14.2. The molecule has 4 heterocycles. The van der Waals surface area contributed by atoms with Crippen molar-refractivity contribution in [3.05, 3.63) is 69.4 Å². The number of methoxy groups -OCH3 is 1. The second kappa shape index (κ2) is 11.0. The highest BCUT2D eigenvalue weighted by Crippen LogP contribution is 2.47. The Morgan fingerprint density at radius 2 is 1.86 bits per heavy atom. The van der Waals surface area contributed by atoms with E-state index in [1.54, 1.807) is 17.9 Å². The van der Waals surface area contributed by atoms with Crippen LogP contribution in [-0.4, -0.2) is 68.4 Å². The molecule has 1 aromatic carbocycles. The van der Waals surface area contributed by atoms with E-state index in [0.717, 1.165) is 57.6 Å². The summed E-state index contributed by atoms with van der Waals surface area (Å²) in [6.07, 6.45) is 2.95. The minimum atomic E-state index is -0.942. The molecule has 0 bridgehead atoms. The second-order valence-corrected chi connectivity index (χ2v) is 12.1. The zero-order valence-electron chi connectivity index (χ0n) is 25.6. The van der Waals surface area contributed by atoms with E-state index in [-0.39, 0.29) is 12.0 Å². The zero-order valence-corrected chi connectivity index (χ0v) is 25.6. The molecule has 43 heavy (non-hydrogen) atoms. The Bertz CT molecular complexity index is 1790. The van der Waals surface area contributed by atoms with Crippen molar-refractivity contribution in [1.29, 1.82) is 0 Å². The lowest BCUT2D eigenvalue weighted by atomic mass is 9.98. The van der Waals surface area contributed by atoms with Gasteiger partial charge < -0.3 is 19.6 Å². The van der Waals surface area contributed by atoms with Crippen LogP contribution in [0.15, 0.2) is 41.3 Å². The van der Waals surface area contributed by atoms with E-state index in [4.69, 9.17) is 14.7 Å². The summed E-state index contributed by atoms with van der Waals surface area (Å²) in [6.45, 7) is 11.2. The standard InChI is InChI=1S/C33H38N6O4/c1-18(2)26-28(19(3)12-13-34-26)39-31-25(30(36-32(39)40)38-15-14-37(33(41)42)17-21(38)5)16-24(22-10-11-22)27(35-31)23-9-7-8-20(4)29(23)43-6/h7-9,12-13,16,18,21-22H,10-11,14-15,17H2,1-6H3,(H,41,42). The minimum absolute atomic E-state index is 0.0581. The molecule has 1 atom stereocenters. The molecule has 1 saturated carbocycles. The molecule has 10 heteroatoms. The Labute approximate surface area is 251 Å². The van der Waals surface area contributed by atoms with E-state index >= 15 is 0 Å². The number of anilines is 1. The fourth-order valence-electron chi connectivity index (χ4n) is 6.33. The molecule has 1 N–H and O–H groups in total. The number of piperazine rings is 1. The number of fused-ring (bicyclic) bond motifs is 1. The third kappa shape index (κ3) is 4.98. The number of amides is 1. The van der Waals surface area contributed by atoms with Gasteiger partial charge in [0.15, 0.2) is 5.65 Å². The third-order valence-electron chi connectivity index (χ3n) is 8.66. The third-order valence-corrected chi connectivity index (χ3v) is 8.66. The summed E-state index contributed by atoms with van der Waals surface area (Å²) in [5.41, 5.74) is 6.26. The van der Waals surface area contributed by atoms with Crippen LogP contribution in [-0.2, 0) is 0 Å². The lowest BCUT2D eigenvalue weighted by Gasteiger charge is -2.39. The van der Waals surface area contributed by atoms with Gasteiger partial charge >= 0.3 is 11.8 Å². The molecule has 3 aromatic heterocycles. The normalized spacial score (nSPS) is 17.1. The van der Waals surface area contributed by atoms with Crippen molar-refractivity contribution >= 4 is 22.9 Å². The molecule has 1 unspecified atom stereocenters. The van der Waals surface area contributed by atoms with Gasteiger partial charge in [-0.2, -0.15) is 4.98 Å². The van der Waals surface area contributed by atoms with Crippen LogP contribution < -0.4 is 15.3 Å². The number of rotatable bonds is 6. The van der Waals surface area contributed by atoms with Crippen molar-refractivity contribution in [2.24, 2.45) is 0 Å². The van der Waals surface area contributed by atoms with Gasteiger partial charge in [0.05, 0.1) is 29.6 Å². The van der Waals surface area contributed by atoms with Gasteiger partial charge in [-0.15, -0.1) is 0 Å². The summed E-state index contributed by atoms with van der Waals surface area (Å²) in [5.74, 6) is 1.71. The Morgan fingerprint density at radius 1 is 1.09 bits per heavy atom. The Kier molecular flexibility index (Phi) is 7.31. The Morgan fingerprint density at radius 3 is 2.51 bits per heavy atom. The smallest absolute Gasteiger partial charge is 0.407 e. The number of benzene rings is 1. The number of pyridine rings is 2. The van der Waals surface area contributed by atoms with E-state index in [1.165, 1.54) is 4.90 Å². The van der Waals surface area contributed by atoms with Gasteiger partial charge in [0.25, 0.3) is 0 Å². The van der Waals surface area contributed by atoms with Gasteiger partial charge in [-0.1, -0.05) is 26.0 Å². The molecule has 1 aliphatic heterocycles. The lowest BCUT2D eigenvalue weighted by molar-refractivity contribution is 0.136. The van der Waals surface area contributed by atoms with Crippen LogP contribution in [0.4, 0.5) is 10.6 Å². The average Bonchev–Trinajstić information content (AvgIpc) is 3.82. The van der Waals surface area contributed by atoms with Gasteiger partial charge in [0.1, 0.15) is 11.6 Å². The predicted molar refractivity (Wildman–Crippen MR) is 167 cm³/mol. The maximum Gasteiger partial charge on any atom is 0.407 e. The topological polar surface area (TPSA) is 114 Å². The zero-order chi connectivity index (χ0) is 30.6. The highest BCUT2D eigenvalue weighted by Gasteiger charge is 2.34. The number of aromatic nitrogens is 4. The molecular formula is C33H38N6O4. The number of aryl methyl sites for hydroxylation is 2. The fourth-order valence-corrected chi connectivity index (χ4v) is 6.33. The van der Waals surface area contributed by atoms with Gasteiger partial charge in [-0.25, -0.2) is 19.1 Å². The number of para-hydroxylation sites is 1. The van der Waals surface area contributed by atoms with Crippen molar-refractivity contribution in [2.45, 2.75) is 65.3 Å². The van der Waals surface area contributed by atoms with Crippen LogP contribution in [0.2, 0.25) is 0 Å². The fraction of sp³-hybridized carbons (Fsp3) is 0.424. The molecule has 2 aliphatic rings. The predicted octanol–water partition coefficient (Wildman–Crippen LogP) is 5.66. The van der Waals surface area contributed by atoms with Crippen molar-refractivity contribution < 1.29 is 14.6 Å². The summed E-state index contributed by atoms with van der Waals surface area (Å²) >= 11 is 0. The average molecular weight is 583 g/mol. The summed E-state index contributed by atoms with van der Waals surface area (Å²) in [7, 11) is 1.67. The summed E-state index contributed by atoms with van der Waals surface area (Å²) in [4.78, 5) is 44.1. The van der Waals surface area contributed by atoms with Crippen LogP contribution >= 0.6 is 0 Å². The molecule has 0 spiro atoms. The highest BCUT2D eigenvalue weighted by atomic mass is 16.5. The van der Waals surface area contributed by atoms with Crippen molar-refractivity contribution in [2.75, 3.05) is 31.6 Å². The maximum atomic E-state index is 14.2. The summed E-state index contributed by atoms with van der Waals surface area (Å²) in [6, 6.07) is 9.94. The number of ether oxygens (including phenoxy) is 1. The number of hydrogen-bond acceptors (Lipinski definition) is 7. The van der Waals surface area contributed by atoms with E-state index in [9.17, 15) is 14.7 Å². The molecule has 10 nitrogen and oxygen atoms in total. The van der Waals surface area contributed by atoms with Crippen LogP contribution in [0.25, 0.3) is 28.0 Å². The monoisotopic (exact) mass is 582 g/mol. The number of hydrogen-bond donors (Lipinski definition) is 1. The molecule has 1 saturated heterocycles. The molecule has 1 amide bonds. The minimum Gasteiger partial charge on any atom is -0.496 e. The SMILES string of the molecule is COc1c(C)cccc1-c1nc2c(cc1C1CC1)c(N1CCN(C(=O)O)CC1C)nc(=O)n2-c1c(C)ccnc1C(C)C. The molecule has 224 valence electrons. The number of carbonyl (C=O) groups is 1. The highest BCUT2D eigenvalue weighted by molar-refractivity contribution is 5.92. The van der Waals surface area contributed by atoms with E-state index in [1.807, 2.05) is 45.0 Å². The van der Waals surface area contributed by atoms with Crippen LogP contribution in [0, 0.1) is 13.8 Å². The van der Waals surface area contributed by atoms with E-state index < -0.39 is 11.8 Å². The first-order valence-electron chi connectivity index (χ1n) is 14.9. The van der Waals surface area contributed by atoms with Gasteiger partial charge in [0.2, 0.25) is 0 Å². The lowest BCUT2D eigenvalue weighted by Crippen LogP contribution is -2.54. The van der Waals surface area contributed by atoms with Crippen LogP contribution in [0.5, 0.6) is 5.75 Å². The van der Waals surface area contributed by atoms with Crippen LogP contribution in [0.3, 0.4) is 0 Å². The van der Waals surface area contributed by atoms with Gasteiger partial charge in [0, 0.05) is 37.4 Å². The van der Waals surface area contributed by atoms with Gasteiger partial charge in [-0.05, 0) is 80.3 Å². The molecule has 0 radical (unpaired) electrons. The molecular weight excluding hydrogens is 544 g/mol. The summed E-state index contributed by atoms with van der Waals surface area (Å²) in [5, 5.41) is 10.4.